The first-order valence-electron chi connectivity index (χ1n) is 7.74. The van der Waals surface area contributed by atoms with Crippen molar-refractivity contribution in [3.8, 4) is 6.07 Å². The van der Waals surface area contributed by atoms with Crippen molar-refractivity contribution in [3.05, 3.63) is 0 Å². The highest BCUT2D eigenvalue weighted by Crippen LogP contribution is 2.23. The maximum absolute atomic E-state index is 9.28. The van der Waals surface area contributed by atoms with Gasteiger partial charge in [0.1, 0.15) is 5.54 Å². The summed E-state index contributed by atoms with van der Waals surface area (Å²) in [6, 6.07) is 3.51. The molecule has 3 atom stereocenters. The van der Waals surface area contributed by atoms with E-state index in [0.29, 0.717) is 12.1 Å². The molecule has 0 aromatic rings. The number of nitrogens with zero attached hydrogens (tertiary/aromatic N) is 3. The lowest BCUT2D eigenvalue weighted by Gasteiger charge is -2.34. The van der Waals surface area contributed by atoms with E-state index in [1.54, 1.807) is 0 Å². The third-order valence-electron chi connectivity index (χ3n) is 4.88. The van der Waals surface area contributed by atoms with E-state index in [-0.39, 0.29) is 0 Å². The molecule has 5 heteroatoms. The molecule has 2 fully saturated rings. The topological polar surface area (TPSA) is 51.5 Å². The van der Waals surface area contributed by atoms with Gasteiger partial charge in [0.25, 0.3) is 0 Å². The Kier molecular flexibility index (Phi) is 5.39. The van der Waals surface area contributed by atoms with Gasteiger partial charge in [0, 0.05) is 38.3 Å². The van der Waals surface area contributed by atoms with E-state index in [1.165, 1.54) is 6.42 Å². The Hall–Kier alpha value is -0.670. The number of nitrogens with one attached hydrogen (secondary N) is 1. The number of likely N-dealkylation sites (tertiary alicyclic amines) is 1. The molecule has 20 heavy (non-hydrogen) atoms. The van der Waals surface area contributed by atoms with Crippen LogP contribution in [0.15, 0.2) is 0 Å². The lowest BCUT2D eigenvalue weighted by Crippen LogP contribution is -2.47. The minimum Gasteiger partial charge on any atom is -0.379 e. The van der Waals surface area contributed by atoms with Gasteiger partial charge in [0.15, 0.2) is 0 Å². The molecule has 0 aromatic carbocycles. The minimum absolute atomic E-state index is 0.420. The summed E-state index contributed by atoms with van der Waals surface area (Å²) in [6.45, 7) is 10.4. The van der Waals surface area contributed by atoms with Crippen molar-refractivity contribution >= 4 is 0 Å². The fourth-order valence-corrected chi connectivity index (χ4v) is 3.33. The van der Waals surface area contributed by atoms with Crippen LogP contribution in [-0.2, 0) is 4.74 Å². The van der Waals surface area contributed by atoms with Gasteiger partial charge in [-0.05, 0) is 33.7 Å². The summed E-state index contributed by atoms with van der Waals surface area (Å²) in [6.07, 6.45) is 2.11. The van der Waals surface area contributed by atoms with Gasteiger partial charge in [0.05, 0.1) is 19.3 Å². The molecular formula is C15H28N4O. The highest BCUT2D eigenvalue weighted by atomic mass is 16.5. The first kappa shape index (κ1) is 15.7. The van der Waals surface area contributed by atoms with E-state index in [2.05, 4.69) is 28.1 Å². The molecule has 114 valence electrons. The maximum Gasteiger partial charge on any atom is 0.105 e. The highest BCUT2D eigenvalue weighted by molar-refractivity contribution is 5.05. The van der Waals surface area contributed by atoms with E-state index in [0.717, 1.165) is 45.8 Å². The molecule has 0 aliphatic carbocycles. The Labute approximate surface area is 122 Å². The first-order chi connectivity index (χ1) is 9.58. The molecule has 1 N–H and O–H groups in total. The molecule has 2 aliphatic rings. The average molecular weight is 280 g/mol. The lowest BCUT2D eigenvalue weighted by atomic mass is 9.95. The quantitative estimate of drug-likeness (QED) is 0.802. The molecule has 5 nitrogen and oxygen atoms in total. The molecule has 2 aliphatic heterocycles. The molecule has 3 unspecified atom stereocenters. The van der Waals surface area contributed by atoms with Crippen molar-refractivity contribution in [2.24, 2.45) is 0 Å². The van der Waals surface area contributed by atoms with Crippen LogP contribution in [0.4, 0.5) is 0 Å². The minimum atomic E-state index is -0.420. The van der Waals surface area contributed by atoms with Crippen LogP contribution in [0.25, 0.3) is 0 Å². The second-order valence-corrected chi connectivity index (χ2v) is 6.33. The van der Waals surface area contributed by atoms with Crippen LogP contribution in [0, 0.1) is 11.3 Å². The monoisotopic (exact) mass is 280 g/mol. The second-order valence-electron chi connectivity index (χ2n) is 6.33. The lowest BCUT2D eigenvalue weighted by molar-refractivity contribution is 0.0175. The molecule has 2 heterocycles. The Morgan fingerprint density at radius 2 is 2.10 bits per heavy atom. The average Bonchev–Trinajstić information content (AvgIpc) is 2.98. The van der Waals surface area contributed by atoms with Crippen LogP contribution in [-0.4, -0.2) is 73.9 Å². The number of hydrogen-bond acceptors (Lipinski definition) is 5. The zero-order valence-corrected chi connectivity index (χ0v) is 13.1. The van der Waals surface area contributed by atoms with Crippen molar-refractivity contribution in [2.45, 2.75) is 44.3 Å². The fraction of sp³-hybridized carbons (Fsp3) is 0.933. The summed E-state index contributed by atoms with van der Waals surface area (Å²) in [5.41, 5.74) is -0.420. The summed E-state index contributed by atoms with van der Waals surface area (Å²) in [5.74, 6) is 0. The second kappa shape index (κ2) is 6.86. The number of nitriles is 1. The number of ether oxygens (including phenoxy) is 1. The summed E-state index contributed by atoms with van der Waals surface area (Å²) < 4.78 is 5.43. The van der Waals surface area contributed by atoms with Crippen LogP contribution in [0.1, 0.15) is 26.7 Å². The predicted octanol–water partition coefficient (Wildman–Crippen LogP) is 0.673. The van der Waals surface area contributed by atoms with Crippen molar-refractivity contribution < 1.29 is 4.74 Å². The van der Waals surface area contributed by atoms with Gasteiger partial charge in [-0.2, -0.15) is 5.26 Å². The first-order valence-corrected chi connectivity index (χ1v) is 7.74. The van der Waals surface area contributed by atoms with Gasteiger partial charge in [-0.15, -0.1) is 0 Å². The normalized spacial score (nSPS) is 29.8. The largest absolute Gasteiger partial charge is 0.379 e. The van der Waals surface area contributed by atoms with Crippen molar-refractivity contribution in [2.75, 3.05) is 46.4 Å². The van der Waals surface area contributed by atoms with Gasteiger partial charge in [0.2, 0.25) is 0 Å². The van der Waals surface area contributed by atoms with Crippen molar-refractivity contribution in [1.29, 1.82) is 5.26 Å². The zero-order valence-electron chi connectivity index (χ0n) is 13.1. The maximum atomic E-state index is 9.28. The third-order valence-corrected chi connectivity index (χ3v) is 4.88. The van der Waals surface area contributed by atoms with Gasteiger partial charge in [-0.25, -0.2) is 0 Å². The zero-order chi connectivity index (χ0) is 14.6. The van der Waals surface area contributed by atoms with Crippen LogP contribution in [0.2, 0.25) is 0 Å². The van der Waals surface area contributed by atoms with Crippen LogP contribution < -0.4 is 5.32 Å². The van der Waals surface area contributed by atoms with Gasteiger partial charge < -0.3 is 10.1 Å². The van der Waals surface area contributed by atoms with Crippen LogP contribution >= 0.6 is 0 Å². The molecule has 0 bridgehead atoms. The molecule has 0 aromatic heterocycles. The molecular weight excluding hydrogens is 252 g/mol. The Morgan fingerprint density at radius 1 is 1.40 bits per heavy atom. The Balaban J connectivity index is 1.84. The third kappa shape index (κ3) is 3.70. The van der Waals surface area contributed by atoms with Gasteiger partial charge >= 0.3 is 0 Å². The number of hydrogen-bond donors (Lipinski definition) is 1. The Bertz CT molecular complexity index is 350. The van der Waals surface area contributed by atoms with Crippen LogP contribution in [0.5, 0.6) is 0 Å². The van der Waals surface area contributed by atoms with Crippen LogP contribution in [0.3, 0.4) is 0 Å². The van der Waals surface area contributed by atoms with E-state index in [1.807, 2.05) is 14.0 Å². The van der Waals surface area contributed by atoms with Crippen molar-refractivity contribution in [3.63, 3.8) is 0 Å². The molecule has 2 saturated heterocycles. The van der Waals surface area contributed by atoms with Gasteiger partial charge in [-0.3, -0.25) is 9.80 Å². The predicted molar refractivity (Wildman–Crippen MR) is 79.5 cm³/mol. The highest BCUT2D eigenvalue weighted by Gasteiger charge is 2.33. The van der Waals surface area contributed by atoms with Gasteiger partial charge in [-0.1, -0.05) is 0 Å². The fourth-order valence-electron chi connectivity index (χ4n) is 3.33. The molecule has 0 spiro atoms. The van der Waals surface area contributed by atoms with E-state index in [9.17, 15) is 5.26 Å². The molecule has 0 saturated carbocycles. The summed E-state index contributed by atoms with van der Waals surface area (Å²) in [7, 11) is 1.87. The Morgan fingerprint density at radius 3 is 2.70 bits per heavy atom. The molecule has 0 amide bonds. The number of morpholine rings is 1. The summed E-state index contributed by atoms with van der Waals surface area (Å²) >= 11 is 0. The molecule has 0 radical (unpaired) electrons. The summed E-state index contributed by atoms with van der Waals surface area (Å²) in [5, 5.41) is 12.4. The van der Waals surface area contributed by atoms with E-state index < -0.39 is 5.54 Å². The van der Waals surface area contributed by atoms with E-state index in [4.69, 9.17) is 4.74 Å². The number of rotatable bonds is 5. The van der Waals surface area contributed by atoms with Crippen molar-refractivity contribution in [1.82, 2.24) is 15.1 Å². The summed E-state index contributed by atoms with van der Waals surface area (Å²) in [4.78, 5) is 5.10. The van der Waals surface area contributed by atoms with E-state index >= 15 is 0 Å². The SMILES string of the molecule is CNC(C)(C#N)CC(C)N1CCC(N2CCOCC2)C1. The smallest absolute Gasteiger partial charge is 0.105 e. The molecule has 2 rings (SSSR count). The standard InChI is InChI=1S/C15H28N4O/c1-13(10-15(2,12-16)17-3)19-5-4-14(11-19)18-6-8-20-9-7-18/h13-14,17H,4-11H2,1-3H3.